The molecule has 1 amide bonds. The maximum absolute atomic E-state index is 12.2. The number of aryl methyl sites for hydroxylation is 1. The summed E-state index contributed by atoms with van der Waals surface area (Å²) in [7, 11) is 2.01. The molecule has 122 valence electrons. The van der Waals surface area contributed by atoms with E-state index in [0.29, 0.717) is 6.42 Å². The number of benzene rings is 2. The summed E-state index contributed by atoms with van der Waals surface area (Å²) in [5.74, 6) is -0.118. The molecule has 2 aromatic carbocycles. The molecule has 0 fully saturated rings. The van der Waals surface area contributed by atoms with Gasteiger partial charge in [0, 0.05) is 24.0 Å². The molecule has 1 N–H and O–H groups in total. The predicted octanol–water partition coefficient (Wildman–Crippen LogP) is 3.49. The first-order valence-electron chi connectivity index (χ1n) is 7.97. The molecule has 3 rings (SSSR count). The smallest absolute Gasteiger partial charge is 0.244 e. The van der Waals surface area contributed by atoms with Crippen LogP contribution < -0.4 is 5.43 Å². The van der Waals surface area contributed by atoms with Crippen LogP contribution in [0.1, 0.15) is 22.5 Å². The maximum atomic E-state index is 12.2. The highest BCUT2D eigenvalue weighted by molar-refractivity contribution is 5.90. The molecule has 0 saturated carbocycles. The minimum Gasteiger partial charge on any atom is -0.352 e. The van der Waals surface area contributed by atoms with Crippen molar-refractivity contribution in [3.8, 4) is 0 Å². The standard InChI is InChI=1S/C20H21N3O/c1-14-11-18(15(2)23(14)3)13-21-22-20(24)12-17-9-6-8-16-7-4-5-10-19(16)17/h4-11,13H,12H2,1-3H3,(H,22,24)/b21-13-. The molecule has 0 aliphatic carbocycles. The third-order valence-corrected chi connectivity index (χ3v) is 4.44. The Bertz CT molecular complexity index is 917. The summed E-state index contributed by atoms with van der Waals surface area (Å²) < 4.78 is 2.10. The lowest BCUT2D eigenvalue weighted by Crippen LogP contribution is -2.19. The first kappa shape index (κ1) is 16.0. The van der Waals surface area contributed by atoms with Gasteiger partial charge in [0.1, 0.15) is 0 Å². The van der Waals surface area contributed by atoms with Gasteiger partial charge in [0.2, 0.25) is 5.91 Å². The Hall–Kier alpha value is -2.88. The van der Waals surface area contributed by atoms with Crippen molar-refractivity contribution in [3.05, 3.63) is 71.0 Å². The van der Waals surface area contributed by atoms with Crippen LogP contribution >= 0.6 is 0 Å². The second kappa shape index (κ2) is 6.71. The van der Waals surface area contributed by atoms with E-state index in [4.69, 9.17) is 0 Å². The number of carbonyl (C=O) groups excluding carboxylic acids is 1. The summed E-state index contributed by atoms with van der Waals surface area (Å²) in [5.41, 5.74) is 6.93. The molecule has 0 aliphatic heterocycles. The summed E-state index contributed by atoms with van der Waals surface area (Å²) in [4.78, 5) is 12.2. The molecule has 4 heteroatoms. The third-order valence-electron chi connectivity index (χ3n) is 4.44. The largest absolute Gasteiger partial charge is 0.352 e. The van der Waals surface area contributed by atoms with Crippen LogP contribution in [0.3, 0.4) is 0 Å². The highest BCUT2D eigenvalue weighted by Gasteiger charge is 2.07. The third kappa shape index (κ3) is 3.23. The zero-order valence-corrected chi connectivity index (χ0v) is 14.2. The summed E-state index contributed by atoms with van der Waals surface area (Å²) in [6.45, 7) is 4.08. The fourth-order valence-corrected chi connectivity index (χ4v) is 2.85. The number of hydrogen-bond acceptors (Lipinski definition) is 2. The Morgan fingerprint density at radius 3 is 2.67 bits per heavy atom. The van der Waals surface area contributed by atoms with Crippen LogP contribution in [0, 0.1) is 13.8 Å². The van der Waals surface area contributed by atoms with Crippen molar-refractivity contribution in [1.82, 2.24) is 9.99 Å². The zero-order valence-electron chi connectivity index (χ0n) is 14.2. The van der Waals surface area contributed by atoms with Gasteiger partial charge in [-0.2, -0.15) is 5.10 Å². The molecule has 1 aromatic heterocycles. The van der Waals surface area contributed by atoms with Crippen LogP contribution in [0.2, 0.25) is 0 Å². The number of carbonyl (C=O) groups is 1. The van der Waals surface area contributed by atoms with Gasteiger partial charge in [0.05, 0.1) is 12.6 Å². The molecule has 0 radical (unpaired) electrons. The van der Waals surface area contributed by atoms with E-state index in [-0.39, 0.29) is 5.91 Å². The van der Waals surface area contributed by atoms with Gasteiger partial charge in [0.15, 0.2) is 0 Å². The van der Waals surface area contributed by atoms with Crippen molar-refractivity contribution in [3.63, 3.8) is 0 Å². The summed E-state index contributed by atoms with van der Waals surface area (Å²) in [6.07, 6.45) is 2.01. The molecule has 24 heavy (non-hydrogen) atoms. The van der Waals surface area contributed by atoms with Gasteiger partial charge in [-0.3, -0.25) is 4.79 Å². The summed E-state index contributed by atoms with van der Waals surface area (Å²) in [5, 5.41) is 6.34. The zero-order chi connectivity index (χ0) is 17.1. The summed E-state index contributed by atoms with van der Waals surface area (Å²) >= 11 is 0. The van der Waals surface area contributed by atoms with Crippen molar-refractivity contribution < 1.29 is 4.79 Å². The van der Waals surface area contributed by atoms with Crippen LogP contribution in [0.25, 0.3) is 10.8 Å². The first-order chi connectivity index (χ1) is 11.6. The lowest BCUT2D eigenvalue weighted by Gasteiger charge is -2.05. The first-order valence-corrected chi connectivity index (χ1v) is 7.97. The molecule has 0 saturated heterocycles. The molecule has 0 bridgehead atoms. The Kier molecular flexibility index (Phi) is 4.47. The molecule has 1 heterocycles. The van der Waals surface area contributed by atoms with Gasteiger partial charge in [-0.15, -0.1) is 0 Å². The minimum atomic E-state index is -0.118. The van der Waals surface area contributed by atoms with Crippen LogP contribution in [-0.4, -0.2) is 16.7 Å². The number of rotatable bonds is 4. The number of nitrogens with one attached hydrogen (secondary N) is 1. The number of nitrogens with zero attached hydrogens (tertiary/aromatic N) is 2. The summed E-state index contributed by atoms with van der Waals surface area (Å²) in [6, 6.07) is 16.1. The average molecular weight is 319 g/mol. The van der Waals surface area contributed by atoms with E-state index in [0.717, 1.165) is 33.3 Å². The van der Waals surface area contributed by atoms with Crippen molar-refractivity contribution >= 4 is 22.9 Å². The van der Waals surface area contributed by atoms with E-state index >= 15 is 0 Å². The predicted molar refractivity (Wildman–Crippen MR) is 98.3 cm³/mol. The topological polar surface area (TPSA) is 46.4 Å². The van der Waals surface area contributed by atoms with Gasteiger partial charge in [-0.25, -0.2) is 5.43 Å². The van der Waals surface area contributed by atoms with Crippen molar-refractivity contribution in [2.45, 2.75) is 20.3 Å². The monoisotopic (exact) mass is 319 g/mol. The van der Waals surface area contributed by atoms with E-state index < -0.39 is 0 Å². The number of fused-ring (bicyclic) bond motifs is 1. The second-order valence-corrected chi connectivity index (χ2v) is 5.99. The van der Waals surface area contributed by atoms with Crippen LogP contribution in [0.5, 0.6) is 0 Å². The minimum absolute atomic E-state index is 0.118. The van der Waals surface area contributed by atoms with Gasteiger partial charge in [0.25, 0.3) is 0 Å². The van der Waals surface area contributed by atoms with Crippen molar-refractivity contribution in [1.29, 1.82) is 0 Å². The van der Waals surface area contributed by atoms with Crippen molar-refractivity contribution in [2.75, 3.05) is 0 Å². The number of hydrogen-bond donors (Lipinski definition) is 1. The van der Waals surface area contributed by atoms with E-state index in [1.807, 2.05) is 51.2 Å². The number of amides is 1. The molecule has 3 aromatic rings. The Morgan fingerprint density at radius 2 is 1.92 bits per heavy atom. The van der Waals surface area contributed by atoms with Gasteiger partial charge < -0.3 is 4.57 Å². The SMILES string of the molecule is Cc1cc(/C=N\NC(=O)Cc2cccc3ccccc23)c(C)n1C. The Balaban J connectivity index is 1.69. The highest BCUT2D eigenvalue weighted by atomic mass is 16.2. The Labute approximate surface area is 141 Å². The van der Waals surface area contributed by atoms with E-state index in [1.54, 1.807) is 6.21 Å². The molecular formula is C20H21N3O. The van der Waals surface area contributed by atoms with E-state index in [1.165, 1.54) is 0 Å². The van der Waals surface area contributed by atoms with E-state index in [2.05, 4.69) is 33.3 Å². The lowest BCUT2D eigenvalue weighted by molar-refractivity contribution is -0.120. The van der Waals surface area contributed by atoms with E-state index in [9.17, 15) is 4.79 Å². The maximum Gasteiger partial charge on any atom is 0.244 e. The molecule has 0 unspecified atom stereocenters. The normalized spacial score (nSPS) is 11.3. The Morgan fingerprint density at radius 1 is 1.17 bits per heavy atom. The molecule has 0 spiro atoms. The molecular weight excluding hydrogens is 298 g/mol. The quantitative estimate of drug-likeness (QED) is 0.581. The van der Waals surface area contributed by atoms with Crippen molar-refractivity contribution in [2.24, 2.45) is 12.1 Å². The molecule has 0 atom stereocenters. The molecule has 0 aliphatic rings. The van der Waals surface area contributed by atoms with Gasteiger partial charge in [-0.1, -0.05) is 42.5 Å². The van der Waals surface area contributed by atoms with Crippen LogP contribution in [-0.2, 0) is 18.3 Å². The second-order valence-electron chi connectivity index (χ2n) is 5.99. The number of hydrazone groups is 1. The fraction of sp³-hybridized carbons (Fsp3) is 0.200. The molecule has 4 nitrogen and oxygen atoms in total. The average Bonchev–Trinajstić information content (AvgIpc) is 2.82. The van der Waals surface area contributed by atoms with Gasteiger partial charge >= 0.3 is 0 Å². The van der Waals surface area contributed by atoms with Crippen LogP contribution in [0.15, 0.2) is 53.6 Å². The number of aromatic nitrogens is 1. The van der Waals surface area contributed by atoms with Crippen LogP contribution in [0.4, 0.5) is 0 Å². The highest BCUT2D eigenvalue weighted by Crippen LogP contribution is 2.18. The van der Waals surface area contributed by atoms with Gasteiger partial charge in [-0.05, 0) is 36.2 Å². The fourth-order valence-electron chi connectivity index (χ4n) is 2.85. The lowest BCUT2D eigenvalue weighted by atomic mass is 10.0.